The van der Waals surface area contributed by atoms with Crippen molar-refractivity contribution in [3.63, 3.8) is 0 Å². The van der Waals surface area contributed by atoms with E-state index in [1.54, 1.807) is 6.07 Å². The zero-order valence-corrected chi connectivity index (χ0v) is 12.9. The normalized spacial score (nSPS) is 10.7. The number of aromatic nitrogens is 1. The third kappa shape index (κ3) is 4.06. The molecule has 7 heteroatoms. The maximum atomic E-state index is 13.7. The number of hydrogen-bond donors (Lipinski definition) is 1. The molecule has 0 bridgehead atoms. The molecule has 2 aromatic carbocycles. The van der Waals surface area contributed by atoms with Crippen molar-refractivity contribution in [3.8, 4) is 11.3 Å². The van der Waals surface area contributed by atoms with Crippen molar-refractivity contribution in [1.82, 2.24) is 4.98 Å². The van der Waals surface area contributed by atoms with Crippen LogP contribution in [0.3, 0.4) is 0 Å². The number of halogens is 3. The van der Waals surface area contributed by atoms with Gasteiger partial charge in [0.25, 0.3) is 0 Å². The zero-order valence-electron chi connectivity index (χ0n) is 12.9. The second-order valence-corrected chi connectivity index (χ2v) is 5.27. The van der Waals surface area contributed by atoms with Crippen LogP contribution in [0.25, 0.3) is 11.3 Å². The molecule has 0 unspecified atom stereocenters. The molecule has 3 aromatic rings. The van der Waals surface area contributed by atoms with Gasteiger partial charge < -0.3 is 9.73 Å². The second kappa shape index (κ2) is 7.21. The van der Waals surface area contributed by atoms with Crippen molar-refractivity contribution in [1.29, 1.82) is 0 Å². The van der Waals surface area contributed by atoms with Gasteiger partial charge in [-0.15, -0.1) is 0 Å². The Balaban J connectivity index is 1.63. The first-order chi connectivity index (χ1) is 12.0. The number of benzene rings is 2. The number of carbonyl (C=O) groups excluding carboxylic acids is 1. The van der Waals surface area contributed by atoms with E-state index >= 15 is 0 Å². The van der Waals surface area contributed by atoms with Crippen LogP contribution in [0.1, 0.15) is 12.3 Å². The van der Waals surface area contributed by atoms with Crippen molar-refractivity contribution in [3.05, 3.63) is 72.0 Å². The average Bonchev–Trinajstić information content (AvgIpc) is 3.01. The van der Waals surface area contributed by atoms with Crippen molar-refractivity contribution < 1.29 is 22.4 Å². The van der Waals surface area contributed by atoms with E-state index in [4.69, 9.17) is 4.42 Å². The molecule has 128 valence electrons. The third-order valence-corrected chi connectivity index (χ3v) is 3.44. The van der Waals surface area contributed by atoms with E-state index in [0.717, 1.165) is 12.1 Å². The first kappa shape index (κ1) is 16.8. The second-order valence-electron chi connectivity index (χ2n) is 5.27. The molecule has 0 spiro atoms. The monoisotopic (exact) mass is 346 g/mol. The Morgan fingerprint density at radius 2 is 1.80 bits per heavy atom. The van der Waals surface area contributed by atoms with E-state index in [0.29, 0.717) is 5.69 Å². The molecule has 1 aromatic heterocycles. The lowest BCUT2D eigenvalue weighted by Gasteiger charge is -2.04. The van der Waals surface area contributed by atoms with E-state index in [1.807, 2.05) is 0 Å². The number of hydrogen-bond acceptors (Lipinski definition) is 3. The molecule has 3 rings (SSSR count). The average molecular weight is 346 g/mol. The molecule has 25 heavy (non-hydrogen) atoms. The zero-order chi connectivity index (χ0) is 17.8. The minimum Gasteiger partial charge on any atom is -0.441 e. The number of nitrogens with zero attached hydrogens (tertiary/aromatic N) is 1. The van der Waals surface area contributed by atoms with Crippen LogP contribution in [0.5, 0.6) is 0 Å². The van der Waals surface area contributed by atoms with Crippen molar-refractivity contribution in [2.24, 2.45) is 0 Å². The predicted octanol–water partition coefficient (Wildman–Crippen LogP) is 4.33. The minimum atomic E-state index is -0.758. The van der Waals surface area contributed by atoms with Gasteiger partial charge in [0.05, 0.1) is 11.8 Å². The van der Waals surface area contributed by atoms with Gasteiger partial charge in [-0.05, 0) is 30.3 Å². The van der Waals surface area contributed by atoms with Gasteiger partial charge in [-0.25, -0.2) is 18.2 Å². The highest BCUT2D eigenvalue weighted by atomic mass is 19.1. The van der Waals surface area contributed by atoms with Gasteiger partial charge in [-0.1, -0.05) is 12.1 Å². The predicted molar refractivity (Wildman–Crippen MR) is 85.2 cm³/mol. The lowest BCUT2D eigenvalue weighted by Crippen LogP contribution is -2.12. The van der Waals surface area contributed by atoms with Gasteiger partial charge in [0.1, 0.15) is 17.5 Å². The van der Waals surface area contributed by atoms with Crippen LogP contribution < -0.4 is 5.32 Å². The molecule has 0 fully saturated rings. The molecule has 0 aliphatic heterocycles. The highest BCUT2D eigenvalue weighted by Gasteiger charge is 2.16. The molecule has 0 aliphatic rings. The number of anilines is 1. The van der Waals surface area contributed by atoms with Crippen LogP contribution >= 0.6 is 0 Å². The Morgan fingerprint density at radius 1 is 1.08 bits per heavy atom. The first-order valence-corrected chi connectivity index (χ1v) is 7.47. The Bertz CT molecular complexity index is 889. The molecule has 1 N–H and O–H groups in total. The van der Waals surface area contributed by atoms with Crippen LogP contribution in [-0.2, 0) is 11.2 Å². The number of amides is 1. The summed E-state index contributed by atoms with van der Waals surface area (Å²) in [5.41, 5.74) is 0.0389. The summed E-state index contributed by atoms with van der Waals surface area (Å²) in [7, 11) is 0. The standard InChI is InChI=1S/C18H13F3N2O2/c19-11-3-1-4-12(9-11)23-16(24)7-8-17-22-10-15(25-17)18-13(20)5-2-6-14(18)21/h1-6,9-10H,7-8H2,(H,23,24). The Kier molecular flexibility index (Phi) is 4.83. The van der Waals surface area contributed by atoms with E-state index in [-0.39, 0.29) is 36.0 Å². The molecule has 0 saturated heterocycles. The number of oxazole rings is 1. The molecule has 0 saturated carbocycles. The SMILES string of the molecule is O=C(CCc1ncc(-c2c(F)cccc2F)o1)Nc1cccc(F)c1. The van der Waals surface area contributed by atoms with Gasteiger partial charge in [0.2, 0.25) is 5.91 Å². The molecular weight excluding hydrogens is 333 g/mol. The van der Waals surface area contributed by atoms with E-state index in [2.05, 4.69) is 10.3 Å². The summed E-state index contributed by atoms with van der Waals surface area (Å²) in [6.07, 6.45) is 1.37. The van der Waals surface area contributed by atoms with Crippen LogP contribution in [0.2, 0.25) is 0 Å². The summed E-state index contributed by atoms with van der Waals surface area (Å²) in [5.74, 6) is -2.20. The van der Waals surface area contributed by atoms with Crippen molar-refractivity contribution in [2.75, 3.05) is 5.32 Å². The minimum absolute atomic E-state index is 0.0240. The highest BCUT2D eigenvalue weighted by Crippen LogP contribution is 2.26. The van der Waals surface area contributed by atoms with Crippen LogP contribution in [0, 0.1) is 17.5 Å². The number of carbonyl (C=O) groups is 1. The van der Waals surface area contributed by atoms with E-state index < -0.39 is 17.5 Å². The quantitative estimate of drug-likeness (QED) is 0.748. The van der Waals surface area contributed by atoms with Gasteiger partial charge >= 0.3 is 0 Å². The molecule has 1 amide bonds. The van der Waals surface area contributed by atoms with Gasteiger partial charge in [0, 0.05) is 18.5 Å². The Hall–Kier alpha value is -3.09. The number of nitrogens with one attached hydrogen (secondary N) is 1. The fourth-order valence-electron chi connectivity index (χ4n) is 2.28. The smallest absolute Gasteiger partial charge is 0.224 e. The molecule has 0 atom stereocenters. The lowest BCUT2D eigenvalue weighted by atomic mass is 10.1. The summed E-state index contributed by atoms with van der Waals surface area (Å²) >= 11 is 0. The van der Waals surface area contributed by atoms with Gasteiger partial charge in [0.15, 0.2) is 11.7 Å². The van der Waals surface area contributed by atoms with Crippen LogP contribution in [0.4, 0.5) is 18.9 Å². The Morgan fingerprint density at radius 3 is 2.52 bits per heavy atom. The van der Waals surface area contributed by atoms with Crippen molar-refractivity contribution >= 4 is 11.6 Å². The summed E-state index contributed by atoms with van der Waals surface area (Å²) in [5, 5.41) is 2.54. The van der Waals surface area contributed by atoms with E-state index in [9.17, 15) is 18.0 Å². The topological polar surface area (TPSA) is 55.1 Å². The number of rotatable bonds is 5. The fraction of sp³-hybridized carbons (Fsp3) is 0.111. The third-order valence-electron chi connectivity index (χ3n) is 3.44. The number of aryl methyl sites for hydroxylation is 1. The van der Waals surface area contributed by atoms with Crippen LogP contribution in [0.15, 0.2) is 53.1 Å². The lowest BCUT2D eigenvalue weighted by molar-refractivity contribution is -0.116. The molecule has 1 heterocycles. The molecular formula is C18H13F3N2O2. The maximum Gasteiger partial charge on any atom is 0.224 e. The Labute approximate surface area is 141 Å². The van der Waals surface area contributed by atoms with Gasteiger partial charge in [-0.2, -0.15) is 0 Å². The summed E-state index contributed by atoms with van der Waals surface area (Å²) in [4.78, 5) is 15.8. The molecule has 0 aliphatic carbocycles. The van der Waals surface area contributed by atoms with Crippen molar-refractivity contribution in [2.45, 2.75) is 12.8 Å². The first-order valence-electron chi connectivity index (χ1n) is 7.47. The maximum absolute atomic E-state index is 13.7. The summed E-state index contributed by atoms with van der Waals surface area (Å²) in [6, 6.07) is 9.00. The summed E-state index contributed by atoms with van der Waals surface area (Å²) in [6.45, 7) is 0. The highest BCUT2D eigenvalue weighted by molar-refractivity contribution is 5.90. The van der Waals surface area contributed by atoms with E-state index in [1.165, 1.54) is 30.5 Å². The fourth-order valence-corrected chi connectivity index (χ4v) is 2.28. The molecule has 0 radical (unpaired) electrons. The van der Waals surface area contributed by atoms with Gasteiger partial charge in [-0.3, -0.25) is 4.79 Å². The van der Waals surface area contributed by atoms with Crippen LogP contribution in [-0.4, -0.2) is 10.9 Å². The molecule has 4 nitrogen and oxygen atoms in total. The summed E-state index contributed by atoms with van der Waals surface area (Å²) < 4.78 is 45.8. The largest absolute Gasteiger partial charge is 0.441 e.